The summed E-state index contributed by atoms with van der Waals surface area (Å²) in [5.41, 5.74) is 1.04. The number of ether oxygens (including phenoxy) is 2. The normalized spacial score (nSPS) is 11.2. The second-order valence-electron chi connectivity index (χ2n) is 6.99. The number of benzene rings is 2. The van der Waals surface area contributed by atoms with Crippen molar-refractivity contribution in [3.05, 3.63) is 48.5 Å². The highest BCUT2D eigenvalue weighted by atomic mass is 32.1. The summed E-state index contributed by atoms with van der Waals surface area (Å²) in [4.78, 5) is 24.5. The van der Waals surface area contributed by atoms with Gasteiger partial charge in [-0.1, -0.05) is 27.7 Å². The number of rotatable bonds is 5. The molecule has 3 aromatic rings. The molecule has 0 spiro atoms. The van der Waals surface area contributed by atoms with Crippen molar-refractivity contribution in [2.45, 2.75) is 27.7 Å². The van der Waals surface area contributed by atoms with Crippen LogP contribution >= 0.6 is 11.3 Å². The van der Waals surface area contributed by atoms with Crippen molar-refractivity contribution in [1.82, 2.24) is 0 Å². The molecular formula is C22H22O4S. The first-order valence-electron chi connectivity index (χ1n) is 8.91. The van der Waals surface area contributed by atoms with Gasteiger partial charge in [-0.3, -0.25) is 9.59 Å². The van der Waals surface area contributed by atoms with E-state index in [1.807, 2.05) is 44.2 Å². The summed E-state index contributed by atoms with van der Waals surface area (Å²) in [5.74, 6) is 0.298. The molecule has 0 bridgehead atoms. The molecule has 0 aliphatic carbocycles. The van der Waals surface area contributed by atoms with E-state index < -0.39 is 0 Å². The van der Waals surface area contributed by atoms with Gasteiger partial charge in [-0.05, 0) is 59.5 Å². The zero-order valence-corrected chi connectivity index (χ0v) is 16.6. The summed E-state index contributed by atoms with van der Waals surface area (Å²) in [6, 6.07) is 15.2. The lowest BCUT2D eigenvalue weighted by molar-refractivity contribution is -0.138. The lowest BCUT2D eigenvalue weighted by Crippen LogP contribution is -2.14. The van der Waals surface area contributed by atoms with Crippen molar-refractivity contribution >= 4 is 33.4 Å². The highest BCUT2D eigenvalue weighted by molar-refractivity contribution is 7.22. The number of esters is 2. The third-order valence-corrected chi connectivity index (χ3v) is 5.16. The average molecular weight is 382 g/mol. The van der Waals surface area contributed by atoms with Crippen LogP contribution in [0.25, 0.3) is 20.5 Å². The predicted octanol–water partition coefficient (Wildman–Crippen LogP) is 5.69. The fourth-order valence-electron chi connectivity index (χ4n) is 2.37. The predicted molar refractivity (Wildman–Crippen MR) is 108 cm³/mol. The Hall–Kier alpha value is -2.66. The summed E-state index contributed by atoms with van der Waals surface area (Å²) in [5, 5.41) is 1.09. The molecule has 0 fully saturated rings. The minimum Gasteiger partial charge on any atom is -0.426 e. The van der Waals surface area contributed by atoms with E-state index >= 15 is 0 Å². The minimum atomic E-state index is -0.243. The Morgan fingerprint density at radius 2 is 1.33 bits per heavy atom. The van der Waals surface area contributed by atoms with E-state index in [4.69, 9.17) is 9.47 Å². The third-order valence-electron chi connectivity index (χ3n) is 4.01. The molecule has 0 amide bonds. The fourth-order valence-corrected chi connectivity index (χ4v) is 3.47. The molecule has 0 aliphatic heterocycles. The first-order chi connectivity index (χ1) is 12.8. The van der Waals surface area contributed by atoms with Gasteiger partial charge < -0.3 is 9.47 Å². The fraction of sp³-hybridized carbons (Fsp3) is 0.273. The summed E-state index contributed by atoms with van der Waals surface area (Å²) in [6.07, 6.45) is 0. The molecule has 0 radical (unpaired) electrons. The van der Waals surface area contributed by atoms with E-state index in [0.717, 1.165) is 20.5 Å². The van der Waals surface area contributed by atoms with Crippen LogP contribution in [0.2, 0.25) is 0 Å². The van der Waals surface area contributed by atoms with Crippen molar-refractivity contribution < 1.29 is 19.1 Å². The maximum Gasteiger partial charge on any atom is 0.313 e. The van der Waals surface area contributed by atoms with Crippen LogP contribution in [0.3, 0.4) is 0 Å². The van der Waals surface area contributed by atoms with Crippen molar-refractivity contribution in [1.29, 1.82) is 0 Å². The van der Waals surface area contributed by atoms with Gasteiger partial charge in [-0.2, -0.15) is 0 Å². The third kappa shape index (κ3) is 4.55. The van der Waals surface area contributed by atoms with Crippen molar-refractivity contribution in [3.8, 4) is 21.9 Å². The quantitative estimate of drug-likeness (QED) is 0.420. The van der Waals surface area contributed by atoms with Crippen LogP contribution < -0.4 is 9.47 Å². The molecule has 0 atom stereocenters. The molecule has 0 saturated carbocycles. The second-order valence-corrected chi connectivity index (χ2v) is 8.07. The van der Waals surface area contributed by atoms with Gasteiger partial charge in [-0.15, -0.1) is 11.3 Å². The van der Waals surface area contributed by atoms with Gasteiger partial charge in [-0.25, -0.2) is 0 Å². The minimum absolute atomic E-state index is 0.161. The Morgan fingerprint density at radius 3 is 1.93 bits per heavy atom. The van der Waals surface area contributed by atoms with Crippen LogP contribution in [-0.4, -0.2) is 11.9 Å². The van der Waals surface area contributed by atoms with E-state index in [0.29, 0.717) is 11.5 Å². The maximum atomic E-state index is 11.8. The first-order valence-corrected chi connectivity index (χ1v) is 9.72. The van der Waals surface area contributed by atoms with E-state index in [-0.39, 0.29) is 23.8 Å². The Labute approximate surface area is 162 Å². The molecule has 140 valence electrons. The van der Waals surface area contributed by atoms with Crippen LogP contribution in [0.1, 0.15) is 27.7 Å². The molecular weight excluding hydrogens is 360 g/mol. The zero-order valence-electron chi connectivity index (χ0n) is 15.8. The molecule has 3 rings (SSSR count). The largest absolute Gasteiger partial charge is 0.426 e. The van der Waals surface area contributed by atoms with E-state index in [2.05, 4.69) is 6.07 Å². The highest BCUT2D eigenvalue weighted by Gasteiger charge is 2.12. The van der Waals surface area contributed by atoms with Crippen LogP contribution in [0, 0.1) is 11.8 Å². The van der Waals surface area contributed by atoms with Crippen molar-refractivity contribution in [2.75, 3.05) is 0 Å². The van der Waals surface area contributed by atoms with Gasteiger partial charge in [0.1, 0.15) is 11.5 Å². The number of hydrogen-bond donors (Lipinski definition) is 0. The number of fused-ring (bicyclic) bond motifs is 1. The second kappa shape index (κ2) is 7.92. The Kier molecular flexibility index (Phi) is 5.61. The molecule has 27 heavy (non-hydrogen) atoms. The van der Waals surface area contributed by atoms with Crippen LogP contribution in [0.15, 0.2) is 48.5 Å². The monoisotopic (exact) mass is 382 g/mol. The van der Waals surface area contributed by atoms with Crippen LogP contribution in [0.4, 0.5) is 0 Å². The zero-order chi connectivity index (χ0) is 19.6. The van der Waals surface area contributed by atoms with Gasteiger partial charge in [0.05, 0.1) is 11.8 Å². The number of carbonyl (C=O) groups is 2. The molecule has 1 aromatic heterocycles. The molecule has 0 saturated heterocycles. The van der Waals surface area contributed by atoms with Gasteiger partial charge in [0, 0.05) is 9.58 Å². The standard InChI is InChI=1S/C22H22O4S/c1-13(2)21(23)25-17-8-5-15(6-9-17)19-11-16-7-10-18(12-20(16)27-19)26-22(24)14(3)4/h5-14H,1-4H3. The molecule has 4 nitrogen and oxygen atoms in total. The van der Waals surface area contributed by atoms with E-state index in [9.17, 15) is 9.59 Å². The van der Waals surface area contributed by atoms with Crippen molar-refractivity contribution in [2.24, 2.45) is 11.8 Å². The Bertz CT molecular complexity index is 968. The van der Waals surface area contributed by atoms with Crippen molar-refractivity contribution in [3.63, 3.8) is 0 Å². The average Bonchev–Trinajstić information content (AvgIpc) is 3.05. The summed E-state index contributed by atoms with van der Waals surface area (Å²) >= 11 is 1.63. The van der Waals surface area contributed by atoms with Crippen LogP contribution in [0.5, 0.6) is 11.5 Å². The Morgan fingerprint density at radius 1 is 0.778 bits per heavy atom. The number of carbonyl (C=O) groups excluding carboxylic acids is 2. The number of hydrogen-bond acceptors (Lipinski definition) is 5. The van der Waals surface area contributed by atoms with Gasteiger partial charge in [0.15, 0.2) is 0 Å². The summed E-state index contributed by atoms with van der Waals surface area (Å²) in [7, 11) is 0. The highest BCUT2D eigenvalue weighted by Crippen LogP contribution is 2.36. The Balaban J connectivity index is 1.80. The van der Waals surface area contributed by atoms with Gasteiger partial charge >= 0.3 is 11.9 Å². The molecule has 5 heteroatoms. The lowest BCUT2D eigenvalue weighted by Gasteiger charge is -2.06. The molecule has 0 aliphatic rings. The summed E-state index contributed by atoms with van der Waals surface area (Å²) in [6.45, 7) is 7.24. The lowest BCUT2D eigenvalue weighted by atomic mass is 10.1. The van der Waals surface area contributed by atoms with Gasteiger partial charge in [0.2, 0.25) is 0 Å². The topological polar surface area (TPSA) is 52.6 Å². The number of thiophene rings is 1. The van der Waals surface area contributed by atoms with Crippen LogP contribution in [-0.2, 0) is 9.59 Å². The molecule has 0 unspecified atom stereocenters. The molecule has 2 aromatic carbocycles. The first kappa shape index (κ1) is 19.1. The molecule has 1 heterocycles. The smallest absolute Gasteiger partial charge is 0.313 e. The molecule has 0 N–H and O–H groups in total. The SMILES string of the molecule is CC(C)C(=O)Oc1ccc(-c2cc3ccc(OC(=O)C(C)C)cc3s2)cc1. The maximum absolute atomic E-state index is 11.8. The summed E-state index contributed by atoms with van der Waals surface area (Å²) < 4.78 is 11.8. The van der Waals surface area contributed by atoms with E-state index in [1.165, 1.54) is 0 Å². The van der Waals surface area contributed by atoms with E-state index in [1.54, 1.807) is 37.3 Å². The van der Waals surface area contributed by atoms with Gasteiger partial charge in [0.25, 0.3) is 0 Å².